The molecule has 1 unspecified atom stereocenters. The normalized spacial score (nSPS) is 15.2. The number of piperazine rings is 1. The zero-order valence-corrected chi connectivity index (χ0v) is 26.7. The van der Waals surface area contributed by atoms with Gasteiger partial charge in [-0.1, -0.05) is 49.4 Å². The second kappa shape index (κ2) is 13.3. The molecule has 10 nitrogen and oxygen atoms in total. The van der Waals surface area contributed by atoms with E-state index in [1.165, 1.54) is 0 Å². The topological polar surface area (TPSA) is 109 Å². The monoisotopic (exact) mass is 616 g/mol. The summed E-state index contributed by atoms with van der Waals surface area (Å²) in [6.07, 6.45) is -0.355. The molecule has 0 radical (unpaired) electrons. The Hall–Kier alpha value is -4.06. The fraction of sp³-hybridized carbons (Fsp3) is 0.394. The van der Waals surface area contributed by atoms with E-state index in [9.17, 15) is 14.4 Å². The molecule has 2 aromatic heterocycles. The predicted molar refractivity (Wildman–Crippen MR) is 173 cm³/mol. The van der Waals surface area contributed by atoms with Gasteiger partial charge in [0.2, 0.25) is 0 Å². The van der Waals surface area contributed by atoms with E-state index in [4.69, 9.17) is 4.74 Å². The molecular weight excluding hydrogens is 576 g/mol. The third-order valence-electron chi connectivity index (χ3n) is 8.01. The molecule has 1 saturated heterocycles. The van der Waals surface area contributed by atoms with Crippen molar-refractivity contribution in [2.24, 2.45) is 0 Å². The first-order chi connectivity index (χ1) is 21.0. The van der Waals surface area contributed by atoms with Crippen LogP contribution in [0.4, 0.5) is 10.6 Å². The number of nitrogens with one attached hydrogen (secondary N) is 2. The van der Waals surface area contributed by atoms with Gasteiger partial charge in [-0.15, -0.1) is 16.4 Å². The van der Waals surface area contributed by atoms with E-state index in [2.05, 4.69) is 32.6 Å². The molecule has 4 aromatic rings. The van der Waals surface area contributed by atoms with E-state index < -0.39 is 11.6 Å². The molecule has 0 saturated carbocycles. The number of likely N-dealkylation sites (N-methyl/N-ethyl adjacent to an activating group) is 1. The molecule has 5 rings (SSSR count). The lowest BCUT2D eigenvalue weighted by molar-refractivity contribution is 0.0915. The highest BCUT2D eigenvalue weighted by Crippen LogP contribution is 2.33. The Morgan fingerprint density at radius 2 is 1.68 bits per heavy atom. The molecule has 1 aliphatic rings. The number of benzene rings is 2. The van der Waals surface area contributed by atoms with Crippen molar-refractivity contribution in [2.75, 3.05) is 38.5 Å². The van der Waals surface area contributed by atoms with Gasteiger partial charge in [0.1, 0.15) is 10.9 Å². The van der Waals surface area contributed by atoms with Gasteiger partial charge in [-0.2, -0.15) is 4.68 Å². The lowest BCUT2D eigenvalue weighted by atomic mass is 9.94. The van der Waals surface area contributed by atoms with E-state index in [-0.39, 0.29) is 23.7 Å². The van der Waals surface area contributed by atoms with Crippen LogP contribution in [0.25, 0.3) is 10.2 Å². The van der Waals surface area contributed by atoms with Gasteiger partial charge in [0.05, 0.1) is 15.8 Å². The minimum atomic E-state index is -0.670. The zero-order valence-electron chi connectivity index (χ0n) is 25.9. The SMILES string of the molecule is CCC(C)OC(=O)n1nc(NC(=O)c2ccc(CN3CCN(C)CC3)cc2)c2cc(C(=O)NC(C)(C)c3ccccc3)sc21. The Morgan fingerprint density at radius 3 is 2.34 bits per heavy atom. The smallest absolute Gasteiger partial charge is 0.436 e. The first kappa shape index (κ1) is 31.4. The van der Waals surface area contributed by atoms with Crippen LogP contribution < -0.4 is 10.6 Å². The van der Waals surface area contributed by atoms with Crippen LogP contribution in [0.15, 0.2) is 60.7 Å². The highest BCUT2D eigenvalue weighted by Gasteiger charge is 2.28. The molecule has 1 fully saturated rings. The molecule has 2 amide bonds. The van der Waals surface area contributed by atoms with Gasteiger partial charge >= 0.3 is 6.09 Å². The first-order valence-electron chi connectivity index (χ1n) is 15.0. The Kier molecular flexibility index (Phi) is 9.48. The number of carbonyl (C=O) groups excluding carboxylic acids is 3. The second-order valence-electron chi connectivity index (χ2n) is 11.9. The molecule has 0 spiro atoms. The van der Waals surface area contributed by atoms with Gasteiger partial charge in [0.15, 0.2) is 5.82 Å². The van der Waals surface area contributed by atoms with E-state index in [0.29, 0.717) is 27.1 Å². The molecule has 2 aromatic carbocycles. The van der Waals surface area contributed by atoms with Gasteiger partial charge in [0, 0.05) is 38.3 Å². The van der Waals surface area contributed by atoms with Crippen LogP contribution in [0.3, 0.4) is 0 Å². The van der Waals surface area contributed by atoms with E-state index >= 15 is 0 Å². The van der Waals surface area contributed by atoms with Crippen LogP contribution in [0.1, 0.15) is 65.3 Å². The number of ether oxygens (including phenoxy) is 1. The maximum absolute atomic E-state index is 13.4. The third-order valence-corrected chi connectivity index (χ3v) is 9.11. The average Bonchev–Trinajstić information content (AvgIpc) is 3.59. The number of carbonyl (C=O) groups is 3. The van der Waals surface area contributed by atoms with E-state index in [1.54, 1.807) is 25.1 Å². The Labute approximate surface area is 262 Å². The number of hydrogen-bond donors (Lipinski definition) is 2. The van der Waals surface area contributed by atoms with Gasteiger partial charge < -0.3 is 20.3 Å². The van der Waals surface area contributed by atoms with Gasteiger partial charge in [-0.3, -0.25) is 14.5 Å². The van der Waals surface area contributed by atoms with Crippen LogP contribution in [0.2, 0.25) is 0 Å². The summed E-state index contributed by atoms with van der Waals surface area (Å²) in [6.45, 7) is 12.5. The van der Waals surface area contributed by atoms with Crippen molar-refractivity contribution in [3.63, 3.8) is 0 Å². The van der Waals surface area contributed by atoms with Crippen molar-refractivity contribution in [3.05, 3.63) is 82.2 Å². The van der Waals surface area contributed by atoms with Gasteiger partial charge in [0.25, 0.3) is 11.8 Å². The van der Waals surface area contributed by atoms with E-state index in [0.717, 1.165) is 59.9 Å². The number of anilines is 1. The number of amides is 2. The largest absolute Gasteiger partial charge is 0.445 e. The van der Waals surface area contributed by atoms with Crippen LogP contribution in [0.5, 0.6) is 0 Å². The van der Waals surface area contributed by atoms with E-state index in [1.807, 2.05) is 63.2 Å². The standard InChI is InChI=1S/C33H40N6O4S/c1-6-22(2)43-32(42)39-31-26(20-27(44-31)30(41)35-33(3,4)25-10-8-7-9-11-25)28(36-39)34-29(40)24-14-12-23(13-15-24)21-38-18-16-37(5)17-19-38/h7-15,20,22H,6,16-19,21H2,1-5H3,(H,35,41)(H,34,36,40). The fourth-order valence-corrected chi connectivity index (χ4v) is 6.02. The maximum Gasteiger partial charge on any atom is 0.436 e. The Morgan fingerprint density at radius 1 is 1.00 bits per heavy atom. The third kappa shape index (κ3) is 7.18. The summed E-state index contributed by atoms with van der Waals surface area (Å²) >= 11 is 1.12. The summed E-state index contributed by atoms with van der Waals surface area (Å²) in [5, 5.41) is 10.8. The lowest BCUT2D eigenvalue weighted by Gasteiger charge is -2.32. The summed E-state index contributed by atoms with van der Waals surface area (Å²) in [6, 6.07) is 18.9. The minimum absolute atomic E-state index is 0.185. The number of hydrogen-bond acceptors (Lipinski definition) is 8. The average molecular weight is 617 g/mol. The number of fused-ring (bicyclic) bond motifs is 1. The molecule has 0 bridgehead atoms. The highest BCUT2D eigenvalue weighted by molar-refractivity contribution is 7.20. The highest BCUT2D eigenvalue weighted by atomic mass is 32.1. The number of nitrogens with zero attached hydrogens (tertiary/aromatic N) is 4. The summed E-state index contributed by atoms with van der Waals surface area (Å²) < 4.78 is 6.66. The predicted octanol–water partition coefficient (Wildman–Crippen LogP) is 5.55. The molecule has 44 heavy (non-hydrogen) atoms. The quantitative estimate of drug-likeness (QED) is 0.254. The van der Waals surface area contributed by atoms with Gasteiger partial charge in [-0.05, 0) is 63.6 Å². The van der Waals surface area contributed by atoms with Crippen LogP contribution in [0, 0.1) is 0 Å². The van der Waals surface area contributed by atoms with Crippen molar-refractivity contribution >= 4 is 45.3 Å². The Bertz CT molecular complexity index is 1620. The lowest BCUT2D eigenvalue weighted by Crippen LogP contribution is -2.43. The van der Waals surface area contributed by atoms with Crippen molar-refractivity contribution < 1.29 is 19.1 Å². The van der Waals surface area contributed by atoms with Gasteiger partial charge in [-0.25, -0.2) is 4.79 Å². The molecule has 2 N–H and O–H groups in total. The molecule has 232 valence electrons. The Balaban J connectivity index is 1.37. The van der Waals surface area contributed by atoms with Crippen LogP contribution in [-0.2, 0) is 16.8 Å². The number of rotatable bonds is 9. The van der Waals surface area contributed by atoms with Crippen LogP contribution in [-0.4, -0.2) is 76.8 Å². The van der Waals surface area contributed by atoms with Crippen LogP contribution >= 0.6 is 11.3 Å². The maximum atomic E-state index is 13.4. The molecular formula is C33H40N6O4S. The molecule has 3 heterocycles. The van der Waals surface area contributed by atoms with Crippen molar-refractivity contribution in [1.29, 1.82) is 0 Å². The summed E-state index contributed by atoms with van der Waals surface area (Å²) in [5.41, 5.74) is 1.93. The summed E-state index contributed by atoms with van der Waals surface area (Å²) in [7, 11) is 2.13. The second-order valence-corrected chi connectivity index (χ2v) is 12.9. The summed E-state index contributed by atoms with van der Waals surface area (Å²) in [5.74, 6) is -0.472. The molecule has 1 aliphatic heterocycles. The van der Waals surface area contributed by atoms with Crippen molar-refractivity contribution in [1.82, 2.24) is 24.9 Å². The zero-order chi connectivity index (χ0) is 31.4. The summed E-state index contributed by atoms with van der Waals surface area (Å²) in [4.78, 5) is 45.3. The van der Waals surface area contributed by atoms with Crippen molar-refractivity contribution in [2.45, 2.75) is 52.3 Å². The number of thiophene rings is 1. The van der Waals surface area contributed by atoms with Crippen molar-refractivity contribution in [3.8, 4) is 0 Å². The first-order valence-corrected chi connectivity index (χ1v) is 15.8. The minimum Gasteiger partial charge on any atom is -0.445 e. The fourth-order valence-electron chi connectivity index (χ4n) is 5.02. The molecule has 0 aliphatic carbocycles. The number of aromatic nitrogens is 2. The molecule has 1 atom stereocenters. The molecule has 11 heteroatoms.